The fourth-order valence-electron chi connectivity index (χ4n) is 3.71. The molecule has 0 unspecified atom stereocenters. The van der Waals surface area contributed by atoms with Crippen molar-refractivity contribution in [3.63, 3.8) is 0 Å². The van der Waals surface area contributed by atoms with Gasteiger partial charge in [-0.1, -0.05) is 0 Å². The summed E-state index contributed by atoms with van der Waals surface area (Å²) in [4.78, 5) is 37.6. The number of hydrogen-bond donors (Lipinski definition) is 2. The first-order valence-electron chi connectivity index (χ1n) is 10.3. The third kappa shape index (κ3) is 4.85. The molecule has 1 aliphatic rings. The normalized spacial score (nSPS) is 17.1. The lowest BCUT2D eigenvalue weighted by Crippen LogP contribution is -2.33. The number of amides is 1. The van der Waals surface area contributed by atoms with Gasteiger partial charge in [0.2, 0.25) is 0 Å². The number of nitro benzene ring substituents is 1. The van der Waals surface area contributed by atoms with Gasteiger partial charge in [0, 0.05) is 29.8 Å². The quantitative estimate of drug-likeness (QED) is 0.132. The highest BCUT2D eigenvalue weighted by Crippen LogP contribution is 2.43. The number of likely N-dealkylation sites (tertiary alicyclic amines) is 1. The van der Waals surface area contributed by atoms with Crippen molar-refractivity contribution in [1.29, 1.82) is 0 Å². The van der Waals surface area contributed by atoms with Crippen LogP contribution in [-0.2, 0) is 14.3 Å². The van der Waals surface area contributed by atoms with Crippen LogP contribution in [0.3, 0.4) is 0 Å². The first kappa shape index (κ1) is 24.7. The molecular weight excluding hydrogens is 448 g/mol. The molecule has 180 valence electrons. The molecule has 34 heavy (non-hydrogen) atoms. The minimum atomic E-state index is -1.04. The van der Waals surface area contributed by atoms with Crippen molar-refractivity contribution in [2.24, 2.45) is 0 Å². The second-order valence-corrected chi connectivity index (χ2v) is 7.24. The number of methoxy groups -OCH3 is 2. The Morgan fingerprint density at radius 3 is 2.38 bits per heavy atom. The first-order valence-corrected chi connectivity index (χ1v) is 10.3. The molecule has 1 fully saturated rings. The molecule has 3 rings (SSSR count). The van der Waals surface area contributed by atoms with Crippen molar-refractivity contribution in [3.8, 4) is 11.5 Å². The lowest BCUT2D eigenvalue weighted by atomic mass is 9.94. The van der Waals surface area contributed by atoms with E-state index in [1.165, 1.54) is 43.4 Å². The molecule has 2 aromatic carbocycles. The van der Waals surface area contributed by atoms with E-state index in [1.54, 1.807) is 18.2 Å². The molecule has 0 spiro atoms. The number of Topliss-reactive ketones (excluding diaryl/α,β-unsaturated/α-hetero) is 1. The Bertz CT molecular complexity index is 1110. The smallest absolute Gasteiger partial charge is 0.295 e. The topological polar surface area (TPSA) is 149 Å². The highest BCUT2D eigenvalue weighted by Gasteiger charge is 2.47. The molecule has 1 amide bonds. The van der Waals surface area contributed by atoms with E-state index in [0.717, 1.165) is 0 Å². The highest BCUT2D eigenvalue weighted by atomic mass is 16.6. The van der Waals surface area contributed by atoms with E-state index < -0.39 is 28.4 Å². The van der Waals surface area contributed by atoms with Crippen LogP contribution in [-0.4, -0.2) is 72.3 Å². The SMILES string of the molecule is COc1ccc(OC)c([C@@H]2C(=C(O)c3ccc([N+](=O)[O-])cc3)C(=O)C(=O)N2CCOCCO)c1. The number of nitrogens with zero attached hydrogens (tertiary/aromatic N) is 2. The first-order chi connectivity index (χ1) is 16.3. The van der Waals surface area contributed by atoms with Crippen molar-refractivity contribution >= 4 is 23.1 Å². The number of rotatable bonds is 10. The van der Waals surface area contributed by atoms with Gasteiger partial charge in [-0.25, -0.2) is 0 Å². The number of ether oxygens (including phenoxy) is 3. The molecule has 2 N–H and O–H groups in total. The molecule has 11 nitrogen and oxygen atoms in total. The van der Waals surface area contributed by atoms with Crippen molar-refractivity contribution in [3.05, 3.63) is 69.3 Å². The zero-order valence-electron chi connectivity index (χ0n) is 18.6. The van der Waals surface area contributed by atoms with Crippen molar-refractivity contribution in [2.45, 2.75) is 6.04 Å². The minimum absolute atomic E-state index is 0.00730. The Hall–Kier alpha value is -3.96. The Labute approximate surface area is 194 Å². The largest absolute Gasteiger partial charge is 0.507 e. The Morgan fingerprint density at radius 1 is 1.09 bits per heavy atom. The van der Waals surface area contributed by atoms with Gasteiger partial charge in [-0.05, 0) is 30.3 Å². The maximum Gasteiger partial charge on any atom is 0.295 e. The van der Waals surface area contributed by atoms with Crippen LogP contribution in [0, 0.1) is 10.1 Å². The van der Waals surface area contributed by atoms with Gasteiger partial charge >= 0.3 is 0 Å². The lowest BCUT2D eigenvalue weighted by molar-refractivity contribution is -0.384. The summed E-state index contributed by atoms with van der Waals surface area (Å²) in [6, 6.07) is 8.79. The Kier molecular flexibility index (Phi) is 7.82. The van der Waals surface area contributed by atoms with Crippen LogP contribution >= 0.6 is 0 Å². The van der Waals surface area contributed by atoms with Gasteiger partial charge in [0.15, 0.2) is 0 Å². The van der Waals surface area contributed by atoms with E-state index in [1.807, 2.05) is 0 Å². The number of nitro groups is 1. The van der Waals surface area contributed by atoms with Gasteiger partial charge in [0.1, 0.15) is 17.3 Å². The summed E-state index contributed by atoms with van der Waals surface area (Å²) >= 11 is 0. The molecule has 11 heteroatoms. The van der Waals surface area contributed by atoms with Gasteiger partial charge in [-0.3, -0.25) is 19.7 Å². The summed E-state index contributed by atoms with van der Waals surface area (Å²) in [7, 11) is 2.89. The molecule has 0 radical (unpaired) electrons. The van der Waals surface area contributed by atoms with Crippen LogP contribution in [0.1, 0.15) is 17.2 Å². The number of aliphatic hydroxyl groups excluding tert-OH is 2. The van der Waals surface area contributed by atoms with Crippen LogP contribution in [0.2, 0.25) is 0 Å². The number of carbonyl (C=O) groups excluding carboxylic acids is 2. The number of hydrogen-bond acceptors (Lipinski definition) is 9. The van der Waals surface area contributed by atoms with E-state index in [2.05, 4.69) is 0 Å². The van der Waals surface area contributed by atoms with Gasteiger partial charge in [0.25, 0.3) is 17.4 Å². The molecule has 0 aliphatic carbocycles. The number of aliphatic hydroxyl groups is 2. The monoisotopic (exact) mass is 472 g/mol. The standard InChI is InChI=1S/C23H24N2O9/c1-32-16-7-8-18(33-2)17(13-16)20-19(21(27)14-3-5-15(6-4-14)25(30)31)22(28)23(29)24(20)9-11-34-12-10-26/h3-8,13,20,26-27H,9-12H2,1-2H3/t20-/m1/s1. The van der Waals surface area contributed by atoms with Gasteiger partial charge in [-0.15, -0.1) is 0 Å². The fraction of sp³-hybridized carbons (Fsp3) is 0.304. The molecule has 0 aromatic heterocycles. The van der Waals surface area contributed by atoms with E-state index in [4.69, 9.17) is 19.3 Å². The summed E-state index contributed by atoms with van der Waals surface area (Å²) in [6.07, 6.45) is 0. The second-order valence-electron chi connectivity index (χ2n) is 7.24. The molecule has 0 bridgehead atoms. The number of carbonyl (C=O) groups is 2. The molecule has 1 heterocycles. The minimum Gasteiger partial charge on any atom is -0.507 e. The third-order valence-corrected chi connectivity index (χ3v) is 5.34. The van der Waals surface area contributed by atoms with Crippen LogP contribution in [0.15, 0.2) is 48.0 Å². The van der Waals surface area contributed by atoms with Crippen molar-refractivity contribution in [1.82, 2.24) is 4.90 Å². The van der Waals surface area contributed by atoms with Crippen LogP contribution in [0.4, 0.5) is 5.69 Å². The average Bonchev–Trinajstić information content (AvgIpc) is 3.10. The summed E-state index contributed by atoms with van der Waals surface area (Å²) in [5.41, 5.74) is 0.135. The molecule has 1 atom stereocenters. The van der Waals surface area contributed by atoms with E-state index in [9.17, 15) is 24.8 Å². The summed E-state index contributed by atoms with van der Waals surface area (Å²) < 4.78 is 16.0. The lowest BCUT2D eigenvalue weighted by Gasteiger charge is -2.26. The maximum atomic E-state index is 13.1. The molecular formula is C23H24N2O9. The van der Waals surface area contributed by atoms with Crippen LogP contribution < -0.4 is 9.47 Å². The zero-order valence-corrected chi connectivity index (χ0v) is 18.6. The van der Waals surface area contributed by atoms with Crippen LogP contribution in [0.5, 0.6) is 11.5 Å². The zero-order chi connectivity index (χ0) is 24.8. The summed E-state index contributed by atoms with van der Waals surface area (Å²) in [5.74, 6) is -1.47. The number of benzene rings is 2. The summed E-state index contributed by atoms with van der Waals surface area (Å²) in [5, 5.41) is 31.0. The number of non-ortho nitro benzene ring substituents is 1. The molecule has 2 aromatic rings. The average molecular weight is 472 g/mol. The van der Waals surface area contributed by atoms with Gasteiger partial charge in [-0.2, -0.15) is 0 Å². The predicted octanol–water partition coefficient (Wildman–Crippen LogP) is 2.04. The Balaban J connectivity index is 2.16. The van der Waals surface area contributed by atoms with Crippen molar-refractivity contribution in [2.75, 3.05) is 40.6 Å². The van der Waals surface area contributed by atoms with E-state index in [0.29, 0.717) is 17.1 Å². The Morgan fingerprint density at radius 2 is 1.79 bits per heavy atom. The van der Waals surface area contributed by atoms with E-state index >= 15 is 0 Å². The fourth-order valence-corrected chi connectivity index (χ4v) is 3.71. The molecule has 0 saturated carbocycles. The highest BCUT2D eigenvalue weighted by molar-refractivity contribution is 6.46. The number of ketones is 1. The van der Waals surface area contributed by atoms with E-state index in [-0.39, 0.29) is 43.2 Å². The van der Waals surface area contributed by atoms with Gasteiger partial charge in [0.05, 0.1) is 50.6 Å². The molecule has 1 aliphatic heterocycles. The third-order valence-electron chi connectivity index (χ3n) is 5.34. The van der Waals surface area contributed by atoms with Crippen molar-refractivity contribution < 1.29 is 38.9 Å². The maximum absolute atomic E-state index is 13.1. The van der Waals surface area contributed by atoms with Gasteiger partial charge < -0.3 is 29.3 Å². The second kappa shape index (κ2) is 10.8. The molecule has 1 saturated heterocycles. The summed E-state index contributed by atoms with van der Waals surface area (Å²) in [6.45, 7) is -0.119. The predicted molar refractivity (Wildman–Crippen MR) is 120 cm³/mol. The van der Waals surface area contributed by atoms with Crippen LogP contribution in [0.25, 0.3) is 5.76 Å².